The van der Waals surface area contributed by atoms with Crippen LogP contribution in [0.2, 0.25) is 0 Å². The summed E-state index contributed by atoms with van der Waals surface area (Å²) in [6, 6.07) is 6.55. The smallest absolute Gasteiger partial charge is 0.0210 e. The van der Waals surface area contributed by atoms with Gasteiger partial charge in [0.05, 0.1) is 0 Å². The molecular formula is C15H22Br. The third kappa shape index (κ3) is 3.62. The maximum absolute atomic E-state index is 3.68. The van der Waals surface area contributed by atoms with Crippen LogP contribution in [-0.2, 0) is 11.8 Å². The Balaban J connectivity index is 2.95. The highest BCUT2D eigenvalue weighted by atomic mass is 79.9. The van der Waals surface area contributed by atoms with Gasteiger partial charge in [-0.2, -0.15) is 0 Å². The Hall–Kier alpha value is -0.300. The molecule has 1 aromatic rings. The Morgan fingerprint density at radius 1 is 1.25 bits per heavy atom. The van der Waals surface area contributed by atoms with E-state index in [0.717, 1.165) is 0 Å². The molecule has 1 radical (unpaired) electrons. The van der Waals surface area contributed by atoms with Gasteiger partial charge in [0, 0.05) is 4.47 Å². The normalized spacial score (nSPS) is 11.8. The fraction of sp³-hybridized carbons (Fsp3) is 0.533. The van der Waals surface area contributed by atoms with Crippen LogP contribution in [0.1, 0.15) is 51.7 Å². The number of halogens is 1. The van der Waals surface area contributed by atoms with E-state index in [9.17, 15) is 0 Å². The van der Waals surface area contributed by atoms with Crippen LogP contribution in [-0.4, -0.2) is 0 Å². The first-order valence-electron chi connectivity index (χ1n) is 6.02. The maximum atomic E-state index is 3.68. The van der Waals surface area contributed by atoms with Crippen molar-refractivity contribution < 1.29 is 0 Å². The molecule has 0 N–H and O–H groups in total. The van der Waals surface area contributed by atoms with E-state index in [-0.39, 0.29) is 5.41 Å². The molecule has 0 aromatic heterocycles. The van der Waals surface area contributed by atoms with E-state index >= 15 is 0 Å². The monoisotopic (exact) mass is 281 g/mol. The summed E-state index contributed by atoms with van der Waals surface area (Å²) in [7, 11) is 0. The molecule has 1 heteroatoms. The number of unbranched alkanes of at least 4 members (excludes halogenated alkanes) is 2. The molecule has 0 atom stereocenters. The van der Waals surface area contributed by atoms with Crippen LogP contribution in [0.5, 0.6) is 0 Å². The summed E-state index contributed by atoms with van der Waals surface area (Å²) in [5, 5.41) is 0. The first-order chi connectivity index (χ1) is 7.46. The molecule has 16 heavy (non-hydrogen) atoms. The molecule has 89 valence electrons. The van der Waals surface area contributed by atoms with E-state index in [0.29, 0.717) is 0 Å². The Bertz CT molecular complexity index is 334. The topological polar surface area (TPSA) is 0 Å². The molecule has 0 aliphatic heterocycles. The lowest BCUT2D eigenvalue weighted by Crippen LogP contribution is -2.14. The van der Waals surface area contributed by atoms with Crippen molar-refractivity contribution in [2.45, 2.75) is 52.4 Å². The van der Waals surface area contributed by atoms with Crippen molar-refractivity contribution in [3.8, 4) is 0 Å². The first kappa shape index (κ1) is 13.8. The summed E-state index contributed by atoms with van der Waals surface area (Å²) in [6.07, 6.45) is 5.85. The van der Waals surface area contributed by atoms with Crippen LogP contribution in [0, 0.1) is 6.42 Å². The zero-order chi connectivity index (χ0) is 12.2. The van der Waals surface area contributed by atoms with Crippen LogP contribution in [0.25, 0.3) is 0 Å². The first-order valence-corrected chi connectivity index (χ1v) is 6.82. The summed E-state index contributed by atoms with van der Waals surface area (Å²) in [5.41, 5.74) is 3.18. The van der Waals surface area contributed by atoms with Gasteiger partial charge < -0.3 is 0 Å². The molecule has 0 unspecified atom stereocenters. The molecule has 0 amide bonds. The molecule has 0 nitrogen and oxygen atoms in total. The van der Waals surface area contributed by atoms with Gasteiger partial charge in [-0.1, -0.05) is 62.2 Å². The van der Waals surface area contributed by atoms with E-state index in [4.69, 9.17) is 0 Å². The largest absolute Gasteiger partial charge is 0.0623 e. The highest BCUT2D eigenvalue weighted by Gasteiger charge is 2.18. The van der Waals surface area contributed by atoms with Crippen LogP contribution >= 0.6 is 15.9 Å². The van der Waals surface area contributed by atoms with Gasteiger partial charge >= 0.3 is 0 Å². The van der Waals surface area contributed by atoms with Crippen LogP contribution < -0.4 is 0 Å². The summed E-state index contributed by atoms with van der Waals surface area (Å²) in [4.78, 5) is 0. The molecule has 0 fully saturated rings. The van der Waals surface area contributed by atoms with E-state index in [1.807, 2.05) is 0 Å². The maximum Gasteiger partial charge on any atom is 0.0210 e. The number of benzene rings is 1. The average Bonchev–Trinajstić information content (AvgIpc) is 2.19. The third-order valence-corrected chi connectivity index (χ3v) is 3.59. The molecule has 1 rings (SSSR count). The molecule has 0 heterocycles. The molecule has 0 saturated carbocycles. The third-order valence-electron chi connectivity index (χ3n) is 2.85. The standard InChI is InChI=1S/C15H22Br/c1-5-6-7-9-12-13(15(2,3)4)10-8-11-14(12)16/h5,8,10-11H,6-7,9H2,1-4H3. The van der Waals surface area contributed by atoms with Gasteiger partial charge in [0.15, 0.2) is 0 Å². The van der Waals surface area contributed by atoms with Gasteiger partial charge in [0.25, 0.3) is 0 Å². The highest BCUT2D eigenvalue weighted by molar-refractivity contribution is 9.10. The van der Waals surface area contributed by atoms with Gasteiger partial charge in [-0.3, -0.25) is 0 Å². The van der Waals surface area contributed by atoms with E-state index < -0.39 is 0 Å². The molecule has 0 aliphatic rings. The molecular weight excluding hydrogens is 260 g/mol. The van der Waals surface area contributed by atoms with Crippen molar-refractivity contribution in [1.29, 1.82) is 0 Å². The quantitative estimate of drug-likeness (QED) is 0.658. The average molecular weight is 282 g/mol. The van der Waals surface area contributed by atoms with Crippen molar-refractivity contribution in [2.75, 3.05) is 0 Å². The van der Waals surface area contributed by atoms with E-state index in [1.54, 1.807) is 0 Å². The summed E-state index contributed by atoms with van der Waals surface area (Å²) in [6.45, 7) is 8.98. The van der Waals surface area contributed by atoms with Crippen molar-refractivity contribution in [3.05, 3.63) is 40.2 Å². The SMILES string of the molecule is C[CH]CCCc1c(Br)cccc1C(C)(C)C. The Morgan fingerprint density at radius 2 is 1.94 bits per heavy atom. The summed E-state index contributed by atoms with van der Waals surface area (Å²) < 4.78 is 1.26. The van der Waals surface area contributed by atoms with Crippen molar-refractivity contribution >= 4 is 15.9 Å². The lowest BCUT2D eigenvalue weighted by atomic mass is 9.82. The molecule has 0 aliphatic carbocycles. The zero-order valence-electron chi connectivity index (χ0n) is 10.8. The van der Waals surface area contributed by atoms with Gasteiger partial charge in [0.1, 0.15) is 0 Å². The summed E-state index contributed by atoms with van der Waals surface area (Å²) >= 11 is 3.68. The lowest BCUT2D eigenvalue weighted by molar-refractivity contribution is 0.579. The van der Waals surface area contributed by atoms with Crippen molar-refractivity contribution in [2.24, 2.45) is 0 Å². The second-order valence-corrected chi connectivity index (χ2v) is 6.17. The Kier molecular flexibility index (Phi) is 5.04. The fourth-order valence-electron chi connectivity index (χ4n) is 2.00. The summed E-state index contributed by atoms with van der Waals surface area (Å²) in [5.74, 6) is 0. The highest BCUT2D eigenvalue weighted by Crippen LogP contribution is 2.31. The fourth-order valence-corrected chi connectivity index (χ4v) is 2.56. The van der Waals surface area contributed by atoms with Crippen LogP contribution in [0.3, 0.4) is 0 Å². The molecule has 0 spiro atoms. The number of hydrogen-bond acceptors (Lipinski definition) is 0. The number of rotatable bonds is 4. The van der Waals surface area contributed by atoms with E-state index in [2.05, 4.69) is 68.2 Å². The predicted molar refractivity (Wildman–Crippen MR) is 75.8 cm³/mol. The second-order valence-electron chi connectivity index (χ2n) is 5.32. The zero-order valence-corrected chi connectivity index (χ0v) is 12.4. The van der Waals surface area contributed by atoms with Crippen molar-refractivity contribution in [1.82, 2.24) is 0 Å². The van der Waals surface area contributed by atoms with Crippen molar-refractivity contribution in [3.63, 3.8) is 0 Å². The van der Waals surface area contributed by atoms with Gasteiger partial charge in [0.2, 0.25) is 0 Å². The van der Waals surface area contributed by atoms with E-state index in [1.165, 1.54) is 34.9 Å². The minimum Gasteiger partial charge on any atom is -0.0623 e. The van der Waals surface area contributed by atoms with Gasteiger partial charge in [-0.05, 0) is 41.9 Å². The number of hydrogen-bond donors (Lipinski definition) is 0. The van der Waals surface area contributed by atoms with Gasteiger partial charge in [-0.15, -0.1) is 0 Å². The lowest BCUT2D eigenvalue weighted by Gasteiger charge is -2.24. The second kappa shape index (κ2) is 5.86. The molecule has 0 bridgehead atoms. The Morgan fingerprint density at radius 3 is 2.50 bits per heavy atom. The minimum absolute atomic E-state index is 0.231. The predicted octanol–water partition coefficient (Wildman–Crippen LogP) is 5.29. The van der Waals surface area contributed by atoms with Gasteiger partial charge in [-0.25, -0.2) is 0 Å². The molecule has 0 saturated heterocycles. The minimum atomic E-state index is 0.231. The van der Waals surface area contributed by atoms with Crippen LogP contribution in [0.4, 0.5) is 0 Å². The van der Waals surface area contributed by atoms with Crippen LogP contribution in [0.15, 0.2) is 22.7 Å². The molecule has 1 aromatic carbocycles. The Labute approximate surface area is 109 Å².